The second-order valence-electron chi connectivity index (χ2n) is 4.92. The number of carbonyl (C=O) groups excluding carboxylic acids is 1. The van der Waals surface area contributed by atoms with Crippen LogP contribution in [-0.4, -0.2) is 22.7 Å². The fraction of sp³-hybridized carbons (Fsp3) is 0.333. The SMILES string of the molecule is CNC(C(=O)NC(C)c1ccccc1Cl)c1cnn(C)c1.Cl. The lowest BCUT2D eigenvalue weighted by molar-refractivity contribution is -0.123. The van der Waals surface area contributed by atoms with Gasteiger partial charge in [0.1, 0.15) is 6.04 Å². The van der Waals surface area contributed by atoms with Gasteiger partial charge in [0.15, 0.2) is 0 Å². The highest BCUT2D eigenvalue weighted by atomic mass is 35.5. The maximum atomic E-state index is 12.4. The molecule has 1 aromatic carbocycles. The van der Waals surface area contributed by atoms with Crippen LogP contribution in [0.1, 0.15) is 30.1 Å². The number of hydrogen-bond donors (Lipinski definition) is 2. The van der Waals surface area contributed by atoms with Crippen molar-refractivity contribution in [3.63, 3.8) is 0 Å². The van der Waals surface area contributed by atoms with Crippen LogP contribution in [0.2, 0.25) is 5.02 Å². The van der Waals surface area contributed by atoms with Gasteiger partial charge in [0.2, 0.25) is 5.91 Å². The summed E-state index contributed by atoms with van der Waals surface area (Å²) in [4.78, 5) is 12.4. The largest absolute Gasteiger partial charge is 0.348 e. The van der Waals surface area contributed by atoms with E-state index in [-0.39, 0.29) is 24.4 Å². The first-order chi connectivity index (χ1) is 10.0. The number of hydrogen-bond acceptors (Lipinski definition) is 3. The molecule has 0 aliphatic carbocycles. The summed E-state index contributed by atoms with van der Waals surface area (Å²) in [5.74, 6) is -0.113. The molecule has 0 aliphatic rings. The Morgan fingerprint density at radius 2 is 2.05 bits per heavy atom. The fourth-order valence-corrected chi connectivity index (χ4v) is 2.54. The topological polar surface area (TPSA) is 59.0 Å². The molecule has 2 unspecified atom stereocenters. The Labute approximate surface area is 141 Å². The second kappa shape index (κ2) is 8.17. The lowest BCUT2D eigenvalue weighted by Crippen LogP contribution is -2.37. The first-order valence-electron chi connectivity index (χ1n) is 6.73. The van der Waals surface area contributed by atoms with Gasteiger partial charge in [0.05, 0.1) is 12.2 Å². The molecule has 22 heavy (non-hydrogen) atoms. The van der Waals surface area contributed by atoms with E-state index in [1.807, 2.05) is 44.4 Å². The summed E-state index contributed by atoms with van der Waals surface area (Å²) in [5, 5.41) is 10.7. The molecule has 0 bridgehead atoms. The smallest absolute Gasteiger partial charge is 0.242 e. The third-order valence-corrected chi connectivity index (χ3v) is 3.68. The Morgan fingerprint density at radius 1 is 1.36 bits per heavy atom. The molecule has 0 saturated carbocycles. The van der Waals surface area contributed by atoms with E-state index in [4.69, 9.17) is 11.6 Å². The van der Waals surface area contributed by atoms with Gasteiger partial charge in [-0.1, -0.05) is 29.8 Å². The summed E-state index contributed by atoms with van der Waals surface area (Å²) in [7, 11) is 3.57. The zero-order chi connectivity index (χ0) is 15.4. The van der Waals surface area contributed by atoms with Gasteiger partial charge in [-0.05, 0) is 25.6 Å². The van der Waals surface area contributed by atoms with Gasteiger partial charge >= 0.3 is 0 Å². The highest BCUT2D eigenvalue weighted by Gasteiger charge is 2.22. The van der Waals surface area contributed by atoms with Crippen LogP contribution in [0.5, 0.6) is 0 Å². The van der Waals surface area contributed by atoms with Crippen molar-refractivity contribution in [3.05, 3.63) is 52.8 Å². The second-order valence-corrected chi connectivity index (χ2v) is 5.33. The molecule has 2 aromatic rings. The molecule has 2 atom stereocenters. The van der Waals surface area contributed by atoms with Crippen molar-refractivity contribution >= 4 is 29.9 Å². The molecule has 2 N–H and O–H groups in total. The molecule has 7 heteroatoms. The minimum absolute atomic E-state index is 0. The maximum absolute atomic E-state index is 12.4. The Balaban J connectivity index is 0.00000242. The van der Waals surface area contributed by atoms with E-state index >= 15 is 0 Å². The first kappa shape index (κ1) is 18.5. The van der Waals surface area contributed by atoms with Gasteiger partial charge in [-0.3, -0.25) is 9.48 Å². The van der Waals surface area contributed by atoms with Crippen LogP contribution >= 0.6 is 24.0 Å². The predicted octanol–water partition coefficient (Wildman–Crippen LogP) is 2.63. The van der Waals surface area contributed by atoms with Crippen molar-refractivity contribution in [2.75, 3.05) is 7.05 Å². The summed E-state index contributed by atoms with van der Waals surface area (Å²) >= 11 is 6.16. The van der Waals surface area contributed by atoms with Crippen molar-refractivity contribution in [1.29, 1.82) is 0 Å². The molecular formula is C15H20Cl2N4O. The molecule has 120 valence electrons. The molecular weight excluding hydrogens is 323 g/mol. The standard InChI is InChI=1S/C15H19ClN4O.ClH/c1-10(12-6-4-5-7-13(12)16)19-15(21)14(17-2)11-8-18-20(3)9-11;/h4-10,14,17H,1-3H3,(H,19,21);1H. The number of benzene rings is 1. The molecule has 1 heterocycles. The number of rotatable bonds is 5. The zero-order valence-electron chi connectivity index (χ0n) is 12.7. The normalized spacial score (nSPS) is 13.1. The van der Waals surface area contributed by atoms with Crippen LogP contribution in [0.15, 0.2) is 36.7 Å². The number of halogens is 2. The highest BCUT2D eigenvalue weighted by molar-refractivity contribution is 6.31. The van der Waals surface area contributed by atoms with Crippen LogP contribution in [0.3, 0.4) is 0 Å². The number of carbonyl (C=O) groups is 1. The van der Waals surface area contributed by atoms with Gasteiger partial charge in [0.25, 0.3) is 0 Å². The van der Waals surface area contributed by atoms with E-state index in [2.05, 4.69) is 15.7 Å². The third kappa shape index (κ3) is 4.22. The quantitative estimate of drug-likeness (QED) is 0.878. The van der Waals surface area contributed by atoms with Crippen LogP contribution in [0.25, 0.3) is 0 Å². The molecule has 0 radical (unpaired) electrons. The van der Waals surface area contributed by atoms with E-state index in [1.165, 1.54) is 0 Å². The summed E-state index contributed by atoms with van der Waals surface area (Å²) in [6.07, 6.45) is 3.50. The van der Waals surface area contributed by atoms with Crippen LogP contribution in [0, 0.1) is 0 Å². The van der Waals surface area contributed by atoms with E-state index in [0.29, 0.717) is 5.02 Å². The minimum Gasteiger partial charge on any atom is -0.348 e. The van der Waals surface area contributed by atoms with Crippen LogP contribution in [0.4, 0.5) is 0 Å². The number of likely N-dealkylation sites (N-methyl/N-ethyl adjacent to an activating group) is 1. The number of nitrogens with one attached hydrogen (secondary N) is 2. The molecule has 0 fully saturated rings. The van der Waals surface area contributed by atoms with E-state index < -0.39 is 6.04 Å². The first-order valence-corrected chi connectivity index (χ1v) is 7.11. The fourth-order valence-electron chi connectivity index (χ4n) is 2.24. The van der Waals surface area contributed by atoms with E-state index in [0.717, 1.165) is 11.1 Å². The molecule has 2 rings (SSSR count). The van der Waals surface area contributed by atoms with Crippen LogP contribution < -0.4 is 10.6 Å². The van der Waals surface area contributed by atoms with Crippen molar-refractivity contribution in [2.24, 2.45) is 7.05 Å². The number of nitrogens with zero attached hydrogens (tertiary/aromatic N) is 2. The third-order valence-electron chi connectivity index (χ3n) is 3.34. The van der Waals surface area contributed by atoms with Crippen molar-refractivity contribution in [3.8, 4) is 0 Å². The van der Waals surface area contributed by atoms with E-state index in [1.54, 1.807) is 17.9 Å². The molecule has 1 aromatic heterocycles. The molecule has 0 aliphatic heterocycles. The number of aryl methyl sites for hydroxylation is 1. The average Bonchev–Trinajstić information content (AvgIpc) is 2.86. The van der Waals surface area contributed by atoms with Crippen LogP contribution in [-0.2, 0) is 11.8 Å². The Morgan fingerprint density at radius 3 is 2.59 bits per heavy atom. The van der Waals surface area contributed by atoms with E-state index in [9.17, 15) is 4.79 Å². The van der Waals surface area contributed by atoms with Crippen molar-refractivity contribution < 1.29 is 4.79 Å². The van der Waals surface area contributed by atoms with Gasteiger partial charge in [-0.15, -0.1) is 12.4 Å². The molecule has 1 amide bonds. The molecule has 0 saturated heterocycles. The molecule has 5 nitrogen and oxygen atoms in total. The monoisotopic (exact) mass is 342 g/mol. The lowest BCUT2D eigenvalue weighted by Gasteiger charge is -2.20. The van der Waals surface area contributed by atoms with Crippen molar-refractivity contribution in [2.45, 2.75) is 19.0 Å². The molecule has 0 spiro atoms. The number of aromatic nitrogens is 2. The van der Waals surface area contributed by atoms with Gasteiger partial charge in [-0.25, -0.2) is 0 Å². The Kier molecular flexibility index (Phi) is 6.87. The number of amides is 1. The summed E-state index contributed by atoms with van der Waals surface area (Å²) < 4.78 is 1.67. The predicted molar refractivity (Wildman–Crippen MR) is 90.3 cm³/mol. The lowest BCUT2D eigenvalue weighted by atomic mass is 10.1. The zero-order valence-corrected chi connectivity index (χ0v) is 14.3. The minimum atomic E-state index is -0.441. The van der Waals surface area contributed by atoms with Crippen molar-refractivity contribution in [1.82, 2.24) is 20.4 Å². The average molecular weight is 343 g/mol. The Bertz CT molecular complexity index is 630. The van der Waals surface area contributed by atoms with Gasteiger partial charge in [-0.2, -0.15) is 5.10 Å². The van der Waals surface area contributed by atoms with Gasteiger partial charge < -0.3 is 10.6 Å². The summed E-state index contributed by atoms with van der Waals surface area (Å²) in [5.41, 5.74) is 1.72. The summed E-state index contributed by atoms with van der Waals surface area (Å²) in [6, 6.07) is 6.89. The van der Waals surface area contributed by atoms with Gasteiger partial charge in [0, 0.05) is 23.8 Å². The summed E-state index contributed by atoms with van der Waals surface area (Å²) in [6.45, 7) is 1.91. The highest BCUT2D eigenvalue weighted by Crippen LogP contribution is 2.23. The maximum Gasteiger partial charge on any atom is 0.242 e. The Hall–Kier alpha value is -1.56.